The van der Waals surface area contributed by atoms with Gasteiger partial charge in [0, 0.05) is 0 Å². The number of carboxylic acid groups (broad SMARTS) is 2. The number of hydrogen-bond acceptors (Lipinski definition) is 23. The Kier molecular flexibility index (Phi) is 19.8. The SMILES string of the molecule is N[C@H]1[C@H](O[C@H]2[C@H](O)[C@@H](O)[C@H](O[C@@H]([C@H](O)[C@H](O)CO)[C@@H](N)CO)O[C@@H]2C(=O)[O-])O[C@H](CO)[C@H](O)[C@@H]1O[C@@H]1O[C@H](C(=O)[O-])[C@H](O)[C@H](O)[C@H]1O.[Na+].[Na+]. The van der Waals surface area contributed by atoms with Crippen molar-refractivity contribution in [3.05, 3.63) is 0 Å². The van der Waals surface area contributed by atoms with E-state index in [1.165, 1.54) is 0 Å². The fraction of sp³-hybridized carbons (Fsp3) is 0.917. The van der Waals surface area contributed by atoms with Crippen LogP contribution in [0.1, 0.15) is 0 Å². The predicted molar refractivity (Wildman–Crippen MR) is 136 cm³/mol. The summed E-state index contributed by atoms with van der Waals surface area (Å²) < 4.78 is 31.8. The fourth-order valence-corrected chi connectivity index (χ4v) is 5.16. The number of rotatable bonds is 14. The molecule has 49 heavy (non-hydrogen) atoms. The molecule has 0 unspecified atom stereocenters. The van der Waals surface area contributed by atoms with E-state index in [0.717, 1.165) is 0 Å². The number of carbonyl (C=O) groups is 2. The van der Waals surface area contributed by atoms with Crippen LogP contribution < -0.4 is 80.8 Å². The van der Waals surface area contributed by atoms with Crippen LogP contribution in [0.15, 0.2) is 0 Å². The molecule has 0 spiro atoms. The molecule has 25 heteroatoms. The van der Waals surface area contributed by atoms with Crippen LogP contribution >= 0.6 is 0 Å². The molecule has 0 aliphatic carbocycles. The summed E-state index contributed by atoms with van der Waals surface area (Å²) >= 11 is 0. The van der Waals surface area contributed by atoms with E-state index in [2.05, 4.69) is 0 Å². The molecule has 3 aliphatic heterocycles. The van der Waals surface area contributed by atoms with Gasteiger partial charge < -0.3 is 116 Å². The maximum absolute atomic E-state index is 12.1. The number of nitrogens with two attached hydrogens (primary N) is 2. The molecule has 19 atom stereocenters. The minimum absolute atomic E-state index is 0. The van der Waals surface area contributed by atoms with Gasteiger partial charge in [-0.25, -0.2) is 0 Å². The van der Waals surface area contributed by atoms with E-state index >= 15 is 0 Å². The Morgan fingerprint density at radius 3 is 1.73 bits per heavy atom. The molecule has 0 aromatic rings. The van der Waals surface area contributed by atoms with Crippen LogP contribution in [0.5, 0.6) is 0 Å². The molecular weight excluding hydrogens is 698 g/mol. The summed E-state index contributed by atoms with van der Waals surface area (Å²) in [6.07, 6.45) is -35.0. The van der Waals surface area contributed by atoms with E-state index in [4.69, 9.17) is 45.0 Å². The minimum atomic E-state index is -2.34. The summed E-state index contributed by atoms with van der Waals surface area (Å²) in [4.78, 5) is 23.4. The summed E-state index contributed by atoms with van der Waals surface area (Å²) in [5.41, 5.74) is 11.8. The second-order valence-corrected chi connectivity index (χ2v) is 11.1. The molecule has 15 N–H and O–H groups in total. The van der Waals surface area contributed by atoms with Gasteiger partial charge in [0.05, 0.1) is 43.8 Å². The Balaban J connectivity index is 0.00000600. The van der Waals surface area contributed by atoms with Gasteiger partial charge in [0.2, 0.25) is 0 Å². The molecule has 3 saturated heterocycles. The largest absolute Gasteiger partial charge is 1.00 e. The minimum Gasteiger partial charge on any atom is -0.547 e. The summed E-state index contributed by atoms with van der Waals surface area (Å²) in [7, 11) is 0. The fourth-order valence-electron chi connectivity index (χ4n) is 5.16. The van der Waals surface area contributed by atoms with Gasteiger partial charge in [-0.1, -0.05) is 0 Å². The molecule has 0 saturated carbocycles. The van der Waals surface area contributed by atoms with Crippen molar-refractivity contribution in [3.8, 4) is 0 Å². The van der Waals surface area contributed by atoms with Gasteiger partial charge in [-0.15, -0.1) is 0 Å². The van der Waals surface area contributed by atoms with Crippen LogP contribution in [0.2, 0.25) is 0 Å². The molecule has 3 heterocycles. The second kappa shape index (κ2) is 20.6. The summed E-state index contributed by atoms with van der Waals surface area (Å²) in [5.74, 6) is -4.09. The number of aliphatic hydroxyl groups is 11. The van der Waals surface area contributed by atoms with Crippen LogP contribution in [0, 0.1) is 0 Å². The van der Waals surface area contributed by atoms with Gasteiger partial charge in [-0.3, -0.25) is 0 Å². The molecule has 0 bridgehead atoms. The number of aliphatic carboxylic acids is 2. The zero-order valence-electron chi connectivity index (χ0n) is 26.2. The quantitative estimate of drug-likeness (QED) is 0.0736. The first-order valence-electron chi connectivity index (χ1n) is 14.1. The average Bonchev–Trinajstić information content (AvgIpc) is 3.04. The molecule has 3 rings (SSSR count). The molecule has 3 aliphatic rings. The summed E-state index contributed by atoms with van der Waals surface area (Å²) in [5, 5.41) is 134. The van der Waals surface area contributed by atoms with Crippen LogP contribution in [-0.4, -0.2) is 204 Å². The molecule has 0 aromatic heterocycles. The Morgan fingerprint density at radius 1 is 0.694 bits per heavy atom. The van der Waals surface area contributed by atoms with E-state index in [1.807, 2.05) is 0 Å². The van der Waals surface area contributed by atoms with E-state index < -0.39 is 148 Å². The average molecular weight is 739 g/mol. The van der Waals surface area contributed by atoms with Gasteiger partial charge in [-0.05, 0) is 0 Å². The van der Waals surface area contributed by atoms with Gasteiger partial charge in [0.25, 0.3) is 0 Å². The molecule has 0 aromatic carbocycles. The molecule has 274 valence electrons. The van der Waals surface area contributed by atoms with Crippen LogP contribution in [0.25, 0.3) is 0 Å². The zero-order chi connectivity index (χ0) is 35.5. The van der Waals surface area contributed by atoms with Crippen molar-refractivity contribution in [1.29, 1.82) is 0 Å². The summed E-state index contributed by atoms with van der Waals surface area (Å²) in [6, 6.07) is -3.27. The Hall–Kier alpha value is 0.180. The third-order valence-electron chi connectivity index (χ3n) is 7.90. The van der Waals surface area contributed by atoms with E-state index in [0.29, 0.717) is 0 Å². The van der Waals surface area contributed by atoms with Crippen molar-refractivity contribution < 1.29 is 164 Å². The topological polar surface area (TPSA) is 410 Å². The smallest absolute Gasteiger partial charge is 0.547 e. The Labute approximate surface area is 321 Å². The standard InChI is InChI=1S/C24H42N2O21.2Na/c25-4(1-27)15(8(31)5(30)2-28)43-24-14(37)12(35)17(19(47-24)21(40)41)45-22-7(26)16(9(32)6(3-29)42-22)44-23-13(36)10(33)11(34)18(46-23)20(38)39;;/h4-19,22-24,27-37H,1-3,25-26H2,(H,38,39)(H,40,41);;/q;2*+1/p-2/t4-,5+,6+,7+,8+,9-,10-,11+,12+,13+,14+,15+,16+,17-,18-,19-,22-,23+,24+;;/m0../s1. The number of ether oxygens (including phenoxy) is 6. The van der Waals surface area contributed by atoms with Gasteiger partial charge >= 0.3 is 59.1 Å². The number of hydrogen-bond donors (Lipinski definition) is 13. The third kappa shape index (κ3) is 10.7. The zero-order valence-corrected chi connectivity index (χ0v) is 30.2. The van der Waals surface area contributed by atoms with Gasteiger partial charge in [0.15, 0.2) is 18.9 Å². The molecular formula is C24H40N2Na2O21. The maximum Gasteiger partial charge on any atom is 1.00 e. The number of aliphatic hydroxyl groups excluding tert-OH is 11. The predicted octanol–water partition coefficient (Wildman–Crippen LogP) is -18.7. The first-order chi connectivity index (χ1) is 22.0. The van der Waals surface area contributed by atoms with Crippen molar-refractivity contribution in [3.63, 3.8) is 0 Å². The van der Waals surface area contributed by atoms with Crippen molar-refractivity contribution in [2.24, 2.45) is 11.5 Å². The van der Waals surface area contributed by atoms with E-state index in [-0.39, 0.29) is 59.1 Å². The van der Waals surface area contributed by atoms with E-state index in [1.54, 1.807) is 0 Å². The van der Waals surface area contributed by atoms with E-state index in [9.17, 15) is 70.9 Å². The molecule has 23 nitrogen and oxygen atoms in total. The van der Waals surface area contributed by atoms with Crippen LogP contribution in [-0.2, 0) is 38.0 Å². The van der Waals surface area contributed by atoms with Gasteiger partial charge in [-0.2, -0.15) is 0 Å². The molecule has 0 amide bonds. The normalized spacial score (nSPS) is 42.1. The molecule has 3 fully saturated rings. The Bertz CT molecular complexity index is 1040. The Morgan fingerprint density at radius 2 is 1.22 bits per heavy atom. The maximum atomic E-state index is 12.1. The monoisotopic (exact) mass is 738 g/mol. The van der Waals surface area contributed by atoms with Crippen molar-refractivity contribution in [1.82, 2.24) is 0 Å². The van der Waals surface area contributed by atoms with Crippen LogP contribution in [0.4, 0.5) is 0 Å². The molecule has 0 radical (unpaired) electrons. The third-order valence-corrected chi connectivity index (χ3v) is 7.90. The second-order valence-electron chi connectivity index (χ2n) is 11.1. The van der Waals surface area contributed by atoms with Crippen molar-refractivity contribution >= 4 is 11.9 Å². The number of carboxylic acids is 2. The summed E-state index contributed by atoms with van der Waals surface area (Å²) in [6.45, 7) is -2.87. The first-order valence-corrected chi connectivity index (χ1v) is 14.1. The number of carbonyl (C=O) groups excluding carboxylic acids is 2. The van der Waals surface area contributed by atoms with Crippen molar-refractivity contribution in [2.75, 3.05) is 19.8 Å². The van der Waals surface area contributed by atoms with Crippen molar-refractivity contribution in [2.45, 2.75) is 116 Å². The van der Waals surface area contributed by atoms with Gasteiger partial charge in [0.1, 0.15) is 85.5 Å². The van der Waals surface area contributed by atoms with Crippen LogP contribution in [0.3, 0.4) is 0 Å². The first kappa shape index (κ1) is 47.2.